The van der Waals surface area contributed by atoms with E-state index in [0.717, 1.165) is 0 Å². The Balaban J connectivity index is 1.67. The normalized spacial score (nSPS) is 15.0. The van der Waals surface area contributed by atoms with Crippen LogP contribution >= 0.6 is 11.6 Å². The van der Waals surface area contributed by atoms with Crippen molar-refractivity contribution in [3.05, 3.63) is 57.1 Å². The zero-order valence-corrected chi connectivity index (χ0v) is 16.9. The van der Waals surface area contributed by atoms with E-state index in [1.165, 1.54) is 13.2 Å². The third-order valence-electron chi connectivity index (χ3n) is 5.14. The van der Waals surface area contributed by atoms with E-state index in [4.69, 9.17) is 16.3 Å². The maximum Gasteiger partial charge on any atom is 0.339 e. The zero-order chi connectivity index (χ0) is 20.4. The maximum absolute atomic E-state index is 14.0. The van der Waals surface area contributed by atoms with Crippen LogP contribution in [0.4, 0.5) is 4.39 Å². The Bertz CT molecular complexity index is 884. The molecule has 1 saturated heterocycles. The Morgan fingerprint density at radius 3 is 2.50 bits per heavy atom. The Morgan fingerprint density at radius 2 is 1.89 bits per heavy atom. The highest BCUT2D eigenvalue weighted by molar-refractivity contribution is 6.31. The molecule has 1 aliphatic heterocycles. The first kappa shape index (κ1) is 20.4. The van der Waals surface area contributed by atoms with Gasteiger partial charge in [-0.15, -0.1) is 0 Å². The molecular formula is C20H23ClFN3O3. The van der Waals surface area contributed by atoms with Gasteiger partial charge in [-0.05, 0) is 31.5 Å². The van der Waals surface area contributed by atoms with Crippen LogP contribution in [0.2, 0.25) is 5.02 Å². The molecule has 0 radical (unpaired) electrons. The molecule has 0 aliphatic carbocycles. The minimum Gasteiger partial charge on any atom is -0.465 e. The number of H-pyrrole nitrogens is 1. The van der Waals surface area contributed by atoms with E-state index in [9.17, 15) is 14.0 Å². The molecule has 1 aliphatic rings. The monoisotopic (exact) mass is 407 g/mol. The van der Waals surface area contributed by atoms with E-state index < -0.39 is 5.97 Å². The van der Waals surface area contributed by atoms with Gasteiger partial charge in [-0.2, -0.15) is 0 Å². The molecule has 1 N–H and O–H groups in total. The minimum absolute atomic E-state index is 0.153. The SMILES string of the molecule is COC(=O)c1c(C)[nH]c(C(=O)N2CCN(Cc3c(F)cccc3Cl)CC2)c1C. The molecule has 2 heterocycles. The van der Waals surface area contributed by atoms with Gasteiger partial charge in [-0.3, -0.25) is 9.69 Å². The number of hydrogen-bond donors (Lipinski definition) is 1. The van der Waals surface area contributed by atoms with Gasteiger partial charge in [0.1, 0.15) is 11.5 Å². The molecule has 0 unspecified atom stereocenters. The minimum atomic E-state index is -0.461. The molecule has 1 aromatic heterocycles. The number of ether oxygens (including phenoxy) is 1. The van der Waals surface area contributed by atoms with Crippen molar-refractivity contribution in [1.29, 1.82) is 0 Å². The third kappa shape index (κ3) is 3.91. The first-order valence-corrected chi connectivity index (χ1v) is 9.43. The molecule has 6 nitrogen and oxygen atoms in total. The van der Waals surface area contributed by atoms with Crippen LogP contribution in [0.15, 0.2) is 18.2 Å². The number of aromatic nitrogens is 1. The van der Waals surface area contributed by atoms with Gasteiger partial charge in [0, 0.05) is 49.0 Å². The largest absolute Gasteiger partial charge is 0.465 e. The zero-order valence-electron chi connectivity index (χ0n) is 16.1. The van der Waals surface area contributed by atoms with Gasteiger partial charge < -0.3 is 14.6 Å². The summed E-state index contributed by atoms with van der Waals surface area (Å²) in [5.41, 5.74) is 2.49. The number of amides is 1. The molecule has 1 amide bonds. The van der Waals surface area contributed by atoms with E-state index in [0.29, 0.717) is 65.8 Å². The average Bonchev–Trinajstić information content (AvgIpc) is 2.98. The molecule has 0 spiro atoms. The maximum atomic E-state index is 14.0. The number of methoxy groups -OCH3 is 1. The quantitative estimate of drug-likeness (QED) is 0.790. The molecule has 150 valence electrons. The van der Waals surface area contributed by atoms with Crippen molar-refractivity contribution >= 4 is 23.5 Å². The van der Waals surface area contributed by atoms with Crippen molar-refractivity contribution in [1.82, 2.24) is 14.8 Å². The van der Waals surface area contributed by atoms with E-state index in [-0.39, 0.29) is 11.7 Å². The standard InChI is InChI=1S/C20H23ClFN3O3/c1-12-17(20(27)28-3)13(2)23-18(12)19(26)25-9-7-24(8-10-25)11-14-15(21)5-4-6-16(14)22/h4-6,23H,7-11H2,1-3H3. The number of esters is 1. The number of benzene rings is 1. The fourth-order valence-corrected chi connectivity index (χ4v) is 3.77. The van der Waals surface area contributed by atoms with Gasteiger partial charge >= 0.3 is 5.97 Å². The number of aryl methyl sites for hydroxylation is 1. The highest BCUT2D eigenvalue weighted by atomic mass is 35.5. The molecule has 0 saturated carbocycles. The summed E-state index contributed by atoms with van der Waals surface area (Å²) < 4.78 is 18.8. The Hall–Kier alpha value is -2.38. The smallest absolute Gasteiger partial charge is 0.339 e. The lowest BCUT2D eigenvalue weighted by Gasteiger charge is -2.34. The summed E-state index contributed by atoms with van der Waals surface area (Å²) in [6.07, 6.45) is 0. The molecule has 0 bridgehead atoms. The van der Waals surface area contributed by atoms with Crippen LogP contribution in [-0.2, 0) is 11.3 Å². The molecule has 28 heavy (non-hydrogen) atoms. The Morgan fingerprint density at radius 1 is 1.21 bits per heavy atom. The molecule has 2 aromatic rings. The van der Waals surface area contributed by atoms with Crippen LogP contribution in [0.3, 0.4) is 0 Å². The van der Waals surface area contributed by atoms with Gasteiger partial charge in [0.05, 0.1) is 12.7 Å². The lowest BCUT2D eigenvalue weighted by Crippen LogP contribution is -2.48. The molecular weight excluding hydrogens is 385 g/mol. The number of nitrogens with one attached hydrogen (secondary N) is 1. The summed E-state index contributed by atoms with van der Waals surface area (Å²) in [5, 5.41) is 0.409. The lowest BCUT2D eigenvalue weighted by atomic mass is 10.1. The van der Waals surface area contributed by atoms with Crippen molar-refractivity contribution in [2.75, 3.05) is 33.3 Å². The van der Waals surface area contributed by atoms with Crippen molar-refractivity contribution in [2.45, 2.75) is 20.4 Å². The average molecular weight is 408 g/mol. The number of hydrogen-bond acceptors (Lipinski definition) is 4. The van der Waals surface area contributed by atoms with Crippen molar-refractivity contribution in [3.8, 4) is 0 Å². The molecule has 1 aromatic carbocycles. The van der Waals surface area contributed by atoms with Crippen LogP contribution in [0.25, 0.3) is 0 Å². The fraction of sp³-hybridized carbons (Fsp3) is 0.400. The summed E-state index contributed by atoms with van der Waals surface area (Å²) >= 11 is 6.11. The van der Waals surface area contributed by atoms with Crippen LogP contribution < -0.4 is 0 Å². The molecule has 8 heteroatoms. The van der Waals surface area contributed by atoms with E-state index >= 15 is 0 Å². The first-order valence-electron chi connectivity index (χ1n) is 9.05. The van der Waals surface area contributed by atoms with Gasteiger partial charge in [0.15, 0.2) is 0 Å². The van der Waals surface area contributed by atoms with E-state index in [1.807, 2.05) is 0 Å². The predicted octanol–water partition coefficient (Wildman–Crippen LogP) is 3.17. The van der Waals surface area contributed by atoms with Crippen molar-refractivity contribution in [2.24, 2.45) is 0 Å². The second-order valence-electron chi connectivity index (χ2n) is 6.89. The van der Waals surface area contributed by atoms with Crippen LogP contribution in [-0.4, -0.2) is 59.9 Å². The second kappa shape index (κ2) is 8.32. The summed E-state index contributed by atoms with van der Waals surface area (Å²) in [4.78, 5) is 31.7. The van der Waals surface area contributed by atoms with Crippen LogP contribution in [0.1, 0.15) is 37.7 Å². The summed E-state index contributed by atoms with van der Waals surface area (Å²) in [5.74, 6) is -0.935. The lowest BCUT2D eigenvalue weighted by molar-refractivity contribution is 0.0599. The number of halogens is 2. The molecule has 1 fully saturated rings. The van der Waals surface area contributed by atoms with Crippen molar-refractivity contribution in [3.63, 3.8) is 0 Å². The number of rotatable bonds is 4. The highest BCUT2D eigenvalue weighted by Gasteiger charge is 2.28. The van der Waals surface area contributed by atoms with Gasteiger partial charge in [0.25, 0.3) is 5.91 Å². The summed E-state index contributed by atoms with van der Waals surface area (Å²) in [7, 11) is 1.32. The number of carbonyl (C=O) groups excluding carboxylic acids is 2. The first-order chi connectivity index (χ1) is 13.3. The second-order valence-corrected chi connectivity index (χ2v) is 7.29. The Labute approximate surface area is 168 Å². The summed E-state index contributed by atoms with van der Waals surface area (Å²) in [6, 6.07) is 4.66. The number of aromatic amines is 1. The summed E-state index contributed by atoms with van der Waals surface area (Å²) in [6.45, 7) is 6.12. The topological polar surface area (TPSA) is 65.6 Å². The van der Waals surface area contributed by atoms with E-state index in [2.05, 4.69) is 9.88 Å². The third-order valence-corrected chi connectivity index (χ3v) is 5.50. The van der Waals surface area contributed by atoms with Gasteiger partial charge in [-0.1, -0.05) is 17.7 Å². The van der Waals surface area contributed by atoms with Crippen LogP contribution in [0, 0.1) is 19.7 Å². The number of carbonyl (C=O) groups is 2. The van der Waals surface area contributed by atoms with Crippen LogP contribution in [0.5, 0.6) is 0 Å². The molecule has 3 rings (SSSR count). The number of piperazine rings is 1. The molecule has 0 atom stereocenters. The Kier molecular flexibility index (Phi) is 6.05. The van der Waals surface area contributed by atoms with Gasteiger partial charge in [0.2, 0.25) is 0 Å². The van der Waals surface area contributed by atoms with Gasteiger partial charge in [-0.25, -0.2) is 9.18 Å². The van der Waals surface area contributed by atoms with Crippen molar-refractivity contribution < 1.29 is 18.7 Å². The van der Waals surface area contributed by atoms with E-state index in [1.54, 1.807) is 30.9 Å². The highest BCUT2D eigenvalue weighted by Crippen LogP contribution is 2.23. The predicted molar refractivity (Wildman–Crippen MR) is 104 cm³/mol. The number of nitrogens with zero attached hydrogens (tertiary/aromatic N) is 2. The fourth-order valence-electron chi connectivity index (χ4n) is 3.55.